The van der Waals surface area contributed by atoms with Crippen LogP contribution >= 0.6 is 0 Å². The van der Waals surface area contributed by atoms with E-state index in [1.807, 2.05) is 0 Å². The average molecular weight is 378 g/mol. The Morgan fingerprint density at radius 1 is 1.30 bits per heavy atom. The first-order chi connectivity index (χ1) is 12.9. The molecule has 148 valence electrons. The molecular formula is C19H27FN4O3. The minimum absolute atomic E-state index is 0.127. The summed E-state index contributed by atoms with van der Waals surface area (Å²) in [6.45, 7) is 2.33. The summed E-state index contributed by atoms with van der Waals surface area (Å²) in [5.41, 5.74) is 6.52. The number of rotatable bonds is 6. The van der Waals surface area contributed by atoms with Crippen LogP contribution in [0.3, 0.4) is 0 Å². The quantitative estimate of drug-likeness (QED) is 0.680. The summed E-state index contributed by atoms with van der Waals surface area (Å²) in [6.07, 6.45) is 1.04. The molecule has 0 bridgehead atoms. The van der Waals surface area contributed by atoms with Crippen molar-refractivity contribution in [1.29, 1.82) is 0 Å². The van der Waals surface area contributed by atoms with Crippen molar-refractivity contribution in [3.8, 4) is 0 Å². The molecule has 3 atom stereocenters. The van der Waals surface area contributed by atoms with Crippen LogP contribution in [0, 0.1) is 17.7 Å². The van der Waals surface area contributed by atoms with Gasteiger partial charge in [0.1, 0.15) is 11.9 Å². The number of hydrogen-bond acceptors (Lipinski definition) is 5. The highest BCUT2D eigenvalue weighted by atomic mass is 19.1. The smallest absolute Gasteiger partial charge is 0.320 e. The number of hydrazine groups is 1. The molecule has 0 unspecified atom stereocenters. The summed E-state index contributed by atoms with van der Waals surface area (Å²) in [6, 6.07) is 4.90. The van der Waals surface area contributed by atoms with E-state index in [0.29, 0.717) is 18.0 Å². The van der Waals surface area contributed by atoms with Crippen molar-refractivity contribution < 1.29 is 19.1 Å². The molecule has 2 fully saturated rings. The minimum atomic E-state index is -0.986. The van der Waals surface area contributed by atoms with Gasteiger partial charge >= 0.3 is 5.97 Å². The van der Waals surface area contributed by atoms with E-state index in [-0.39, 0.29) is 12.3 Å². The highest BCUT2D eigenvalue weighted by Crippen LogP contribution is 2.41. The third-order valence-corrected chi connectivity index (χ3v) is 5.77. The van der Waals surface area contributed by atoms with E-state index in [0.717, 1.165) is 19.5 Å². The fraction of sp³-hybridized carbons (Fsp3) is 0.579. The van der Waals surface area contributed by atoms with Crippen LogP contribution < -0.4 is 10.9 Å². The van der Waals surface area contributed by atoms with Crippen LogP contribution in [0.4, 0.5) is 4.39 Å². The van der Waals surface area contributed by atoms with Gasteiger partial charge in [-0.15, -0.1) is 0 Å². The minimum Gasteiger partial charge on any atom is -0.480 e. The molecule has 0 saturated carbocycles. The topological polar surface area (TPSA) is 84.9 Å². The molecule has 7 nitrogen and oxygen atoms in total. The second-order valence-corrected chi connectivity index (χ2v) is 7.50. The Hall–Kier alpha value is -2.03. The predicted octanol–water partition coefficient (Wildman–Crippen LogP) is 0.844. The molecule has 27 heavy (non-hydrogen) atoms. The summed E-state index contributed by atoms with van der Waals surface area (Å²) in [7, 11) is 3.39. The molecule has 0 aromatic heterocycles. The Bertz CT molecular complexity index is 695. The number of hydrogen-bond donors (Lipinski definition) is 3. The molecule has 1 aromatic rings. The molecule has 2 aliphatic heterocycles. The number of likely N-dealkylation sites (N-methyl/N-ethyl adjacent to an activating group) is 1. The number of aliphatic carboxylic acids is 1. The molecule has 2 saturated heterocycles. The molecule has 3 N–H and O–H groups in total. The summed E-state index contributed by atoms with van der Waals surface area (Å²) >= 11 is 0. The van der Waals surface area contributed by atoms with Gasteiger partial charge in [-0.05, 0) is 31.9 Å². The van der Waals surface area contributed by atoms with Crippen LogP contribution in [-0.4, -0.2) is 66.6 Å². The Kier molecular flexibility index (Phi) is 6.08. The normalized spacial score (nSPS) is 26.4. The van der Waals surface area contributed by atoms with E-state index in [4.69, 9.17) is 0 Å². The van der Waals surface area contributed by atoms with Gasteiger partial charge in [-0.3, -0.25) is 25.3 Å². The van der Waals surface area contributed by atoms with Gasteiger partial charge in [-0.25, -0.2) is 4.39 Å². The van der Waals surface area contributed by atoms with Crippen molar-refractivity contribution in [1.82, 2.24) is 20.7 Å². The first-order valence-corrected chi connectivity index (χ1v) is 9.30. The van der Waals surface area contributed by atoms with Crippen molar-refractivity contribution in [3.05, 3.63) is 35.6 Å². The third kappa shape index (κ3) is 4.12. The van der Waals surface area contributed by atoms with E-state index in [2.05, 4.69) is 10.9 Å². The number of amides is 1. The van der Waals surface area contributed by atoms with Gasteiger partial charge in [0.2, 0.25) is 5.91 Å². The van der Waals surface area contributed by atoms with Crippen molar-refractivity contribution in [2.75, 3.05) is 33.7 Å². The van der Waals surface area contributed by atoms with Crippen molar-refractivity contribution in [2.45, 2.75) is 24.9 Å². The maximum atomic E-state index is 14.4. The summed E-state index contributed by atoms with van der Waals surface area (Å²) in [4.78, 5) is 28.0. The highest BCUT2D eigenvalue weighted by Gasteiger charge is 2.48. The van der Waals surface area contributed by atoms with Crippen molar-refractivity contribution in [3.63, 3.8) is 0 Å². The van der Waals surface area contributed by atoms with Crippen molar-refractivity contribution in [2.24, 2.45) is 11.8 Å². The van der Waals surface area contributed by atoms with Crippen LogP contribution in [0.15, 0.2) is 24.3 Å². The number of halogens is 1. The molecule has 1 amide bonds. The molecular weight excluding hydrogens is 351 g/mol. The lowest BCUT2D eigenvalue weighted by atomic mass is 9.91. The molecule has 2 heterocycles. The number of carboxylic acids is 1. The lowest BCUT2D eigenvalue weighted by Crippen LogP contribution is -2.38. The molecule has 2 aliphatic rings. The van der Waals surface area contributed by atoms with Gasteiger partial charge in [0.05, 0.1) is 5.92 Å². The molecule has 0 spiro atoms. The van der Waals surface area contributed by atoms with Gasteiger partial charge in [-0.2, -0.15) is 0 Å². The molecule has 8 heteroatoms. The Morgan fingerprint density at radius 3 is 2.59 bits per heavy atom. The lowest BCUT2D eigenvalue weighted by molar-refractivity contribution is -0.142. The summed E-state index contributed by atoms with van der Waals surface area (Å²) in [5, 5.41) is 9.53. The maximum absolute atomic E-state index is 14.4. The van der Waals surface area contributed by atoms with Gasteiger partial charge in [0.15, 0.2) is 0 Å². The number of carboxylic acid groups (broad SMARTS) is 1. The van der Waals surface area contributed by atoms with Gasteiger partial charge < -0.3 is 10.0 Å². The second kappa shape index (κ2) is 8.33. The van der Waals surface area contributed by atoms with Gasteiger partial charge in [-0.1, -0.05) is 18.2 Å². The van der Waals surface area contributed by atoms with Gasteiger partial charge in [0.25, 0.3) is 0 Å². The summed E-state index contributed by atoms with van der Waals surface area (Å²) in [5.74, 6) is -1.65. The Labute approximate surface area is 158 Å². The fourth-order valence-corrected chi connectivity index (χ4v) is 4.15. The maximum Gasteiger partial charge on any atom is 0.320 e. The van der Waals surface area contributed by atoms with Crippen molar-refractivity contribution >= 4 is 11.9 Å². The number of likely N-dealkylation sites (tertiary alicyclic amines) is 1. The lowest BCUT2D eigenvalue weighted by Gasteiger charge is -2.29. The van der Waals surface area contributed by atoms with E-state index in [1.54, 1.807) is 42.1 Å². The van der Waals surface area contributed by atoms with Crippen LogP contribution in [-0.2, 0) is 9.59 Å². The van der Waals surface area contributed by atoms with Crippen LogP contribution in [0.2, 0.25) is 0 Å². The zero-order chi connectivity index (χ0) is 19.6. The number of nitrogens with one attached hydrogen (secondary N) is 2. The Balaban J connectivity index is 1.78. The average Bonchev–Trinajstić information content (AvgIpc) is 3.27. The zero-order valence-electron chi connectivity index (χ0n) is 15.7. The number of carbonyl (C=O) groups is 2. The van der Waals surface area contributed by atoms with E-state index in [9.17, 15) is 19.1 Å². The van der Waals surface area contributed by atoms with E-state index < -0.39 is 29.8 Å². The zero-order valence-corrected chi connectivity index (χ0v) is 15.7. The van der Waals surface area contributed by atoms with Crippen LogP contribution in [0.1, 0.15) is 24.4 Å². The number of nitrogens with zero attached hydrogens (tertiary/aromatic N) is 2. The first kappa shape index (κ1) is 19.7. The van der Waals surface area contributed by atoms with E-state index >= 15 is 0 Å². The number of benzene rings is 1. The molecule has 0 aliphatic carbocycles. The van der Waals surface area contributed by atoms with Crippen LogP contribution in [0.25, 0.3) is 0 Å². The Morgan fingerprint density at radius 2 is 1.96 bits per heavy atom. The fourth-order valence-electron chi connectivity index (χ4n) is 4.15. The predicted molar refractivity (Wildman–Crippen MR) is 98.2 cm³/mol. The molecule has 0 radical (unpaired) electrons. The van der Waals surface area contributed by atoms with Gasteiger partial charge in [0, 0.05) is 38.3 Å². The molecule has 3 rings (SSSR count). The number of carbonyl (C=O) groups excluding carboxylic acids is 1. The standard InChI is InChI=1S/C19H27FN4O3/c1-23(8-7-12-10-21-22-11-12)18(25)14-9-16(19(26)27)24(2)17(14)13-5-3-4-6-15(13)20/h3-6,12,14,16-17,21-22H,7-11H2,1-2H3,(H,26,27)/t14-,16-,17-/m1/s1. The highest BCUT2D eigenvalue weighted by molar-refractivity contribution is 5.83. The van der Waals surface area contributed by atoms with Crippen LogP contribution in [0.5, 0.6) is 0 Å². The second-order valence-electron chi connectivity index (χ2n) is 7.50. The summed E-state index contributed by atoms with van der Waals surface area (Å²) < 4.78 is 14.4. The monoisotopic (exact) mass is 378 g/mol. The largest absolute Gasteiger partial charge is 0.480 e. The third-order valence-electron chi connectivity index (χ3n) is 5.77. The first-order valence-electron chi connectivity index (χ1n) is 9.30. The SMILES string of the molecule is CN(CCC1CNNC1)C(=O)[C@@H]1C[C@H](C(=O)O)N(C)[C@@H]1c1ccccc1F. The molecule has 1 aromatic carbocycles. The van der Waals surface area contributed by atoms with E-state index in [1.165, 1.54) is 6.07 Å².